The number of rotatable bonds is 2. The molecule has 0 saturated carbocycles. The highest BCUT2D eigenvalue weighted by atomic mass is 16.2. The van der Waals surface area contributed by atoms with Crippen LogP contribution in [0.5, 0.6) is 0 Å². The monoisotopic (exact) mass is 336 g/mol. The lowest BCUT2D eigenvalue weighted by Gasteiger charge is -2.32. The number of aryl methyl sites for hydroxylation is 1. The van der Waals surface area contributed by atoms with Gasteiger partial charge in [-0.3, -0.25) is 9.69 Å². The molecule has 0 aliphatic carbocycles. The summed E-state index contributed by atoms with van der Waals surface area (Å²) in [6.07, 6.45) is 7.35. The molecular weight excluding hydrogens is 312 g/mol. The van der Waals surface area contributed by atoms with Crippen LogP contribution in [0.15, 0.2) is 36.7 Å². The van der Waals surface area contributed by atoms with Gasteiger partial charge in [-0.2, -0.15) is 5.10 Å². The Kier molecular flexibility index (Phi) is 3.14. The van der Waals surface area contributed by atoms with Crippen molar-refractivity contribution in [1.82, 2.24) is 19.6 Å². The lowest BCUT2D eigenvalue weighted by atomic mass is 9.85. The molecule has 3 saturated heterocycles. The van der Waals surface area contributed by atoms with Gasteiger partial charge in [0.15, 0.2) is 0 Å². The second kappa shape index (κ2) is 5.18. The van der Waals surface area contributed by atoms with Gasteiger partial charge in [0.05, 0.1) is 11.9 Å². The predicted molar refractivity (Wildman–Crippen MR) is 95.5 cm³/mol. The highest BCUT2D eigenvalue weighted by Gasteiger charge is 2.64. The Morgan fingerprint density at radius 1 is 1.24 bits per heavy atom. The topological polar surface area (TPSA) is 41.4 Å². The molecule has 3 aliphatic heterocycles. The molecule has 0 unspecified atom stereocenters. The van der Waals surface area contributed by atoms with Crippen molar-refractivity contribution in [2.75, 3.05) is 20.1 Å². The molecule has 5 nitrogen and oxygen atoms in total. The van der Waals surface area contributed by atoms with Crippen molar-refractivity contribution in [2.45, 2.75) is 37.8 Å². The number of benzene rings is 1. The normalized spacial score (nSPS) is 31.6. The molecule has 4 heterocycles. The molecule has 1 spiro atoms. The van der Waals surface area contributed by atoms with Gasteiger partial charge in [-0.1, -0.05) is 17.7 Å². The zero-order valence-electron chi connectivity index (χ0n) is 14.9. The first-order valence-corrected chi connectivity index (χ1v) is 9.23. The fourth-order valence-corrected chi connectivity index (χ4v) is 5.36. The first kappa shape index (κ1) is 15.1. The molecular formula is C20H24N4O. The van der Waals surface area contributed by atoms with Crippen LogP contribution in [-0.4, -0.2) is 51.2 Å². The first-order chi connectivity index (χ1) is 12.1. The lowest BCUT2D eigenvalue weighted by molar-refractivity contribution is -0.135. The van der Waals surface area contributed by atoms with Gasteiger partial charge in [-0.05, 0) is 44.9 Å². The molecule has 5 rings (SSSR count). The molecule has 3 atom stereocenters. The number of amides is 1. The van der Waals surface area contributed by atoms with Crippen LogP contribution in [0.4, 0.5) is 0 Å². The van der Waals surface area contributed by atoms with Gasteiger partial charge < -0.3 is 4.90 Å². The van der Waals surface area contributed by atoms with Crippen LogP contribution in [0.25, 0.3) is 5.69 Å². The lowest BCUT2D eigenvalue weighted by Crippen LogP contribution is -2.49. The van der Waals surface area contributed by atoms with Crippen LogP contribution in [0.3, 0.4) is 0 Å². The maximum atomic E-state index is 12.9. The second-order valence-corrected chi connectivity index (χ2v) is 7.91. The van der Waals surface area contributed by atoms with Gasteiger partial charge in [0.1, 0.15) is 5.54 Å². The summed E-state index contributed by atoms with van der Waals surface area (Å²) in [4.78, 5) is 17.3. The third-order valence-electron chi connectivity index (χ3n) is 6.53. The number of carbonyl (C=O) groups is 1. The Balaban J connectivity index is 1.47. The summed E-state index contributed by atoms with van der Waals surface area (Å²) in [7, 11) is 1.95. The van der Waals surface area contributed by atoms with Crippen LogP contribution >= 0.6 is 0 Å². The van der Waals surface area contributed by atoms with Crippen LogP contribution in [-0.2, 0) is 4.79 Å². The fraction of sp³-hybridized carbons (Fsp3) is 0.500. The third kappa shape index (κ3) is 1.99. The molecule has 5 heteroatoms. The summed E-state index contributed by atoms with van der Waals surface area (Å²) in [6.45, 7) is 4.02. The maximum absolute atomic E-state index is 12.9. The van der Waals surface area contributed by atoms with E-state index < -0.39 is 0 Å². The van der Waals surface area contributed by atoms with Gasteiger partial charge in [-0.25, -0.2) is 4.68 Å². The molecule has 3 aliphatic rings. The largest absolute Gasteiger partial charge is 0.344 e. The van der Waals surface area contributed by atoms with Gasteiger partial charge in [0.25, 0.3) is 0 Å². The predicted octanol–water partition coefficient (Wildman–Crippen LogP) is 2.55. The van der Waals surface area contributed by atoms with Crippen LogP contribution in [0.1, 0.15) is 36.4 Å². The number of likely N-dealkylation sites (tertiary alicyclic amines) is 1. The van der Waals surface area contributed by atoms with Crippen molar-refractivity contribution in [3.05, 3.63) is 47.8 Å². The second-order valence-electron chi connectivity index (χ2n) is 7.91. The minimum atomic E-state index is -0.231. The van der Waals surface area contributed by atoms with Crippen molar-refractivity contribution in [1.29, 1.82) is 0 Å². The minimum absolute atomic E-state index is 0.231. The van der Waals surface area contributed by atoms with E-state index >= 15 is 0 Å². The van der Waals surface area contributed by atoms with Gasteiger partial charge in [0, 0.05) is 37.3 Å². The SMILES string of the molecule is Cc1ccc(-n2cc([C@@H]3C[C@H]4CN(C)C(=O)[C@]45CCCN35)cn2)cc1. The third-order valence-corrected chi connectivity index (χ3v) is 6.53. The zero-order chi connectivity index (χ0) is 17.2. The number of likely N-dealkylation sites (N-methyl/N-ethyl adjacent to an activating group) is 1. The molecule has 1 amide bonds. The Labute approximate surface area is 148 Å². The van der Waals surface area contributed by atoms with Crippen molar-refractivity contribution in [2.24, 2.45) is 5.92 Å². The van der Waals surface area contributed by atoms with E-state index in [0.717, 1.165) is 38.0 Å². The number of hydrogen-bond donors (Lipinski definition) is 0. The van der Waals surface area contributed by atoms with Crippen LogP contribution in [0, 0.1) is 12.8 Å². The molecule has 1 aromatic heterocycles. The number of nitrogens with zero attached hydrogens (tertiary/aromatic N) is 4. The molecule has 130 valence electrons. The van der Waals surface area contributed by atoms with Crippen molar-refractivity contribution in [3.63, 3.8) is 0 Å². The van der Waals surface area contributed by atoms with E-state index in [9.17, 15) is 4.79 Å². The van der Waals surface area contributed by atoms with Crippen molar-refractivity contribution < 1.29 is 4.79 Å². The van der Waals surface area contributed by atoms with Crippen LogP contribution < -0.4 is 0 Å². The number of carbonyl (C=O) groups excluding carboxylic acids is 1. The van der Waals surface area contributed by atoms with Gasteiger partial charge in [-0.15, -0.1) is 0 Å². The maximum Gasteiger partial charge on any atom is 0.243 e. The van der Waals surface area contributed by atoms with E-state index in [1.165, 1.54) is 11.1 Å². The smallest absolute Gasteiger partial charge is 0.243 e. The Morgan fingerprint density at radius 2 is 2.04 bits per heavy atom. The molecule has 0 N–H and O–H groups in total. The summed E-state index contributed by atoms with van der Waals surface area (Å²) in [5.41, 5.74) is 3.35. The average molecular weight is 336 g/mol. The van der Waals surface area contributed by atoms with Crippen molar-refractivity contribution >= 4 is 5.91 Å². The van der Waals surface area contributed by atoms with Gasteiger partial charge in [0.2, 0.25) is 5.91 Å². The molecule has 25 heavy (non-hydrogen) atoms. The fourth-order valence-electron chi connectivity index (χ4n) is 5.36. The van der Waals surface area contributed by atoms with Gasteiger partial charge >= 0.3 is 0 Å². The standard InChI is InChI=1S/C20H24N4O/c1-14-4-6-17(7-5-14)24-12-15(11-21-24)18-10-16-13-22(2)19(25)20(16)8-3-9-23(18)20/h4-7,11-12,16,18H,3,8-10,13H2,1-2H3/t16-,18-,20-/m0/s1. The molecule has 3 fully saturated rings. The van der Waals surface area contributed by atoms with Crippen molar-refractivity contribution in [3.8, 4) is 5.69 Å². The summed E-state index contributed by atoms with van der Waals surface area (Å²) >= 11 is 0. The Morgan fingerprint density at radius 3 is 2.84 bits per heavy atom. The van der Waals surface area contributed by atoms with E-state index in [4.69, 9.17) is 0 Å². The summed E-state index contributed by atoms with van der Waals surface area (Å²) in [5, 5.41) is 4.60. The quantitative estimate of drug-likeness (QED) is 0.846. The summed E-state index contributed by atoms with van der Waals surface area (Å²) < 4.78 is 1.96. The van der Waals surface area contributed by atoms with E-state index in [0.29, 0.717) is 17.9 Å². The first-order valence-electron chi connectivity index (χ1n) is 9.23. The average Bonchev–Trinajstić information content (AvgIpc) is 3.33. The molecule has 0 radical (unpaired) electrons. The zero-order valence-corrected chi connectivity index (χ0v) is 14.9. The summed E-state index contributed by atoms with van der Waals surface area (Å²) in [6, 6.07) is 8.75. The Hall–Kier alpha value is -2.14. The highest BCUT2D eigenvalue weighted by molar-refractivity contribution is 5.90. The molecule has 2 aromatic rings. The number of hydrogen-bond acceptors (Lipinski definition) is 3. The van der Waals surface area contributed by atoms with E-state index in [-0.39, 0.29) is 5.54 Å². The summed E-state index contributed by atoms with van der Waals surface area (Å²) in [5.74, 6) is 0.795. The van der Waals surface area contributed by atoms with E-state index in [1.807, 2.05) is 22.8 Å². The number of aromatic nitrogens is 2. The molecule has 0 bridgehead atoms. The van der Waals surface area contributed by atoms with Crippen LogP contribution in [0.2, 0.25) is 0 Å². The molecule has 1 aromatic carbocycles. The Bertz CT molecular complexity index is 826. The minimum Gasteiger partial charge on any atom is -0.344 e. The highest BCUT2D eigenvalue weighted by Crippen LogP contribution is 2.55. The van der Waals surface area contributed by atoms with E-state index in [1.54, 1.807) is 0 Å². The van der Waals surface area contributed by atoms with E-state index in [2.05, 4.69) is 47.4 Å².